The molecule has 0 N–H and O–H groups in total. The van der Waals surface area contributed by atoms with Gasteiger partial charge in [0.25, 0.3) is 5.69 Å². The molecule has 0 fully saturated rings. The first-order valence-corrected chi connectivity index (χ1v) is 7.45. The minimum absolute atomic E-state index is 0.131. The van der Waals surface area contributed by atoms with Crippen molar-refractivity contribution in [3.05, 3.63) is 63.7 Å². The Balaban J connectivity index is 2.76. The van der Waals surface area contributed by atoms with Gasteiger partial charge in [0.05, 0.1) is 10.5 Å². The van der Waals surface area contributed by atoms with E-state index in [0.717, 1.165) is 16.7 Å². The molecule has 0 radical (unpaired) electrons. The van der Waals surface area contributed by atoms with Crippen molar-refractivity contribution in [2.24, 2.45) is 0 Å². The highest BCUT2D eigenvalue weighted by Crippen LogP contribution is 2.36. The number of hydrogen-bond donors (Lipinski definition) is 1. The third-order valence-corrected chi connectivity index (χ3v) is 3.87. The summed E-state index contributed by atoms with van der Waals surface area (Å²) in [7, 11) is 0. The fourth-order valence-corrected chi connectivity index (χ4v) is 2.81. The fourth-order valence-electron chi connectivity index (χ4n) is 2.06. The van der Waals surface area contributed by atoms with E-state index in [9.17, 15) is 10.1 Å². The van der Waals surface area contributed by atoms with Crippen LogP contribution in [0.4, 0.5) is 5.69 Å². The van der Waals surface area contributed by atoms with Crippen LogP contribution in [0.3, 0.4) is 0 Å². The van der Waals surface area contributed by atoms with Gasteiger partial charge in [0, 0.05) is 17.1 Å². The van der Waals surface area contributed by atoms with E-state index < -0.39 is 0 Å². The summed E-state index contributed by atoms with van der Waals surface area (Å²) in [5, 5.41) is 11.8. The van der Waals surface area contributed by atoms with Crippen LogP contribution in [0.15, 0.2) is 42.5 Å². The molecule has 98 valence electrons. The van der Waals surface area contributed by atoms with E-state index in [-0.39, 0.29) is 10.6 Å². The summed E-state index contributed by atoms with van der Waals surface area (Å²) in [6, 6.07) is 12.8. The highest BCUT2D eigenvalue weighted by molar-refractivity contribution is 9.08. The van der Waals surface area contributed by atoms with Crippen molar-refractivity contribution >= 4 is 34.2 Å². The van der Waals surface area contributed by atoms with Crippen LogP contribution in [0.5, 0.6) is 0 Å². The molecule has 0 aliphatic carbocycles. The van der Waals surface area contributed by atoms with Gasteiger partial charge in [-0.1, -0.05) is 52.3 Å². The van der Waals surface area contributed by atoms with Crippen LogP contribution in [-0.4, -0.2) is 4.92 Å². The molecule has 0 saturated carbocycles. The van der Waals surface area contributed by atoms with Crippen LogP contribution >= 0.6 is 28.6 Å². The van der Waals surface area contributed by atoms with Gasteiger partial charge < -0.3 is 0 Å². The predicted molar refractivity (Wildman–Crippen MR) is 83.9 cm³/mol. The van der Waals surface area contributed by atoms with Crippen molar-refractivity contribution in [1.29, 1.82) is 0 Å². The van der Waals surface area contributed by atoms with E-state index in [1.54, 1.807) is 6.07 Å². The summed E-state index contributed by atoms with van der Waals surface area (Å²) in [6.45, 7) is 0. The Kier molecular flexibility index (Phi) is 4.61. The molecule has 0 saturated heterocycles. The molecule has 2 rings (SSSR count). The first-order valence-electron chi connectivity index (χ1n) is 5.70. The lowest BCUT2D eigenvalue weighted by molar-refractivity contribution is -0.384. The van der Waals surface area contributed by atoms with Crippen LogP contribution in [-0.2, 0) is 11.1 Å². The Morgan fingerprint density at radius 1 is 1.11 bits per heavy atom. The lowest BCUT2D eigenvalue weighted by Crippen LogP contribution is -1.97. The quantitative estimate of drug-likeness (QED) is 0.384. The van der Waals surface area contributed by atoms with Gasteiger partial charge in [0.15, 0.2) is 0 Å². The molecule has 0 amide bonds. The Hall–Kier alpha value is -1.33. The van der Waals surface area contributed by atoms with Crippen molar-refractivity contribution in [1.82, 2.24) is 0 Å². The lowest BCUT2D eigenvalue weighted by atomic mass is 9.95. The maximum absolute atomic E-state index is 11.2. The van der Waals surface area contributed by atoms with Crippen molar-refractivity contribution in [3.8, 4) is 11.1 Å². The molecule has 2 aromatic carbocycles. The summed E-state index contributed by atoms with van der Waals surface area (Å²) >= 11 is 7.69. The van der Waals surface area contributed by atoms with Crippen molar-refractivity contribution < 1.29 is 4.92 Å². The third-order valence-electron chi connectivity index (χ3n) is 2.93. The van der Waals surface area contributed by atoms with Gasteiger partial charge in [-0.25, -0.2) is 0 Å². The molecule has 0 aliphatic rings. The highest BCUT2D eigenvalue weighted by atomic mass is 79.9. The van der Waals surface area contributed by atoms with E-state index in [1.165, 1.54) is 6.07 Å². The molecule has 5 heteroatoms. The second-order valence-electron chi connectivity index (χ2n) is 4.02. The van der Waals surface area contributed by atoms with Crippen LogP contribution in [0.2, 0.25) is 0 Å². The van der Waals surface area contributed by atoms with E-state index in [2.05, 4.69) is 28.6 Å². The zero-order chi connectivity index (χ0) is 13.8. The summed E-state index contributed by atoms with van der Waals surface area (Å²) in [4.78, 5) is 10.9. The number of halogens is 1. The Labute approximate surface area is 125 Å². The largest absolute Gasteiger partial charge is 0.277 e. The van der Waals surface area contributed by atoms with Crippen molar-refractivity contribution in [3.63, 3.8) is 0 Å². The third kappa shape index (κ3) is 2.82. The van der Waals surface area contributed by atoms with Gasteiger partial charge in [-0.2, -0.15) is 12.6 Å². The zero-order valence-electron chi connectivity index (χ0n) is 10.0. The van der Waals surface area contributed by atoms with Gasteiger partial charge in [-0.05, 0) is 16.7 Å². The predicted octanol–water partition coefficient (Wildman–Crippen LogP) is 4.59. The molecule has 0 atom stereocenters. The highest BCUT2D eigenvalue weighted by Gasteiger charge is 2.20. The second-order valence-corrected chi connectivity index (χ2v) is 4.89. The van der Waals surface area contributed by atoms with Gasteiger partial charge >= 0.3 is 0 Å². The molecule has 0 unspecified atom stereocenters. The van der Waals surface area contributed by atoms with Crippen LogP contribution in [0.25, 0.3) is 11.1 Å². The molecule has 0 heterocycles. The lowest BCUT2D eigenvalue weighted by Gasteiger charge is -2.11. The fraction of sp³-hybridized carbons (Fsp3) is 0.143. The van der Waals surface area contributed by atoms with E-state index in [4.69, 9.17) is 0 Å². The first-order chi connectivity index (χ1) is 9.19. The summed E-state index contributed by atoms with van der Waals surface area (Å²) in [5.74, 6) is 0.546. The van der Waals surface area contributed by atoms with E-state index >= 15 is 0 Å². The van der Waals surface area contributed by atoms with Crippen molar-refractivity contribution in [2.75, 3.05) is 0 Å². The standard InChI is InChI=1S/C14H12BrNO2S/c15-8-10-5-3-7-13(16(17)18)14(10)12-6-2-1-4-11(12)9-19/h1-7,19H,8-9H2. The van der Waals surface area contributed by atoms with Gasteiger partial charge in [-0.3, -0.25) is 10.1 Å². The number of nitro benzene ring substituents is 1. The average molecular weight is 338 g/mol. The normalized spacial score (nSPS) is 10.4. The van der Waals surface area contributed by atoms with Gasteiger partial charge in [-0.15, -0.1) is 0 Å². The van der Waals surface area contributed by atoms with E-state index in [1.807, 2.05) is 30.3 Å². The number of rotatable bonds is 4. The molecule has 0 bridgehead atoms. The monoisotopic (exact) mass is 337 g/mol. The maximum atomic E-state index is 11.2. The van der Waals surface area contributed by atoms with Crippen LogP contribution in [0.1, 0.15) is 11.1 Å². The zero-order valence-corrected chi connectivity index (χ0v) is 12.5. The minimum Gasteiger partial charge on any atom is -0.258 e. The Morgan fingerprint density at radius 3 is 2.42 bits per heavy atom. The minimum atomic E-state index is -0.337. The maximum Gasteiger partial charge on any atom is 0.277 e. The van der Waals surface area contributed by atoms with Gasteiger partial charge in [0.2, 0.25) is 0 Å². The summed E-state index contributed by atoms with van der Waals surface area (Å²) in [5.41, 5.74) is 3.57. The number of thiol groups is 1. The molecule has 0 aromatic heterocycles. The molecule has 19 heavy (non-hydrogen) atoms. The molecule has 0 aliphatic heterocycles. The van der Waals surface area contributed by atoms with Crippen LogP contribution < -0.4 is 0 Å². The second kappa shape index (κ2) is 6.21. The number of nitrogens with zero attached hydrogens (tertiary/aromatic N) is 1. The number of hydrogen-bond acceptors (Lipinski definition) is 3. The summed E-state index contributed by atoms with van der Waals surface area (Å²) < 4.78 is 0. The molecule has 3 nitrogen and oxygen atoms in total. The van der Waals surface area contributed by atoms with Gasteiger partial charge in [0.1, 0.15) is 0 Å². The Bertz CT molecular complexity index is 616. The topological polar surface area (TPSA) is 43.1 Å². The van der Waals surface area contributed by atoms with Crippen LogP contribution in [0, 0.1) is 10.1 Å². The average Bonchev–Trinajstić information content (AvgIpc) is 2.46. The number of nitro groups is 1. The Morgan fingerprint density at radius 2 is 1.79 bits per heavy atom. The smallest absolute Gasteiger partial charge is 0.258 e. The SMILES string of the molecule is O=[N+]([O-])c1cccc(CBr)c1-c1ccccc1CS. The van der Waals surface area contributed by atoms with Crippen molar-refractivity contribution in [2.45, 2.75) is 11.1 Å². The van der Waals surface area contributed by atoms with E-state index in [0.29, 0.717) is 16.6 Å². The summed E-state index contributed by atoms with van der Waals surface area (Å²) in [6.07, 6.45) is 0. The molecule has 0 spiro atoms. The number of benzene rings is 2. The molecular weight excluding hydrogens is 326 g/mol. The molecule has 2 aromatic rings. The first kappa shape index (κ1) is 14.1. The number of alkyl halides is 1. The molecular formula is C14H12BrNO2S.